The Morgan fingerprint density at radius 2 is 1.85 bits per heavy atom. The summed E-state index contributed by atoms with van der Waals surface area (Å²) < 4.78 is 10.5. The summed E-state index contributed by atoms with van der Waals surface area (Å²) in [7, 11) is 3.17. The van der Waals surface area contributed by atoms with Gasteiger partial charge in [0.1, 0.15) is 16.6 Å². The molecule has 0 spiro atoms. The highest BCUT2D eigenvalue weighted by Gasteiger charge is 2.09. The van der Waals surface area contributed by atoms with Crippen LogP contribution in [0, 0.1) is 18.3 Å². The SMILES string of the molecule is COc1ccc(NC=C(C#N)c2nc(-c3ccc(C)cc3)cs2)cc1OC. The summed E-state index contributed by atoms with van der Waals surface area (Å²) in [6, 6.07) is 15.8. The number of hydrogen-bond acceptors (Lipinski definition) is 6. The van der Waals surface area contributed by atoms with E-state index in [0.717, 1.165) is 16.9 Å². The molecule has 136 valence electrons. The molecule has 27 heavy (non-hydrogen) atoms. The van der Waals surface area contributed by atoms with Gasteiger partial charge in [0.05, 0.1) is 19.9 Å². The van der Waals surface area contributed by atoms with E-state index in [0.29, 0.717) is 22.1 Å². The average Bonchev–Trinajstić information content (AvgIpc) is 3.18. The van der Waals surface area contributed by atoms with Gasteiger partial charge in [-0.3, -0.25) is 0 Å². The molecular weight excluding hydrogens is 358 g/mol. The molecule has 0 fully saturated rings. The van der Waals surface area contributed by atoms with Crippen molar-refractivity contribution in [2.75, 3.05) is 19.5 Å². The fourth-order valence-electron chi connectivity index (χ4n) is 2.48. The van der Waals surface area contributed by atoms with E-state index < -0.39 is 0 Å². The Kier molecular flexibility index (Phi) is 5.74. The van der Waals surface area contributed by atoms with Crippen molar-refractivity contribution in [2.24, 2.45) is 0 Å². The third kappa shape index (κ3) is 4.27. The lowest BCUT2D eigenvalue weighted by molar-refractivity contribution is 0.355. The molecule has 0 atom stereocenters. The fourth-order valence-corrected chi connectivity index (χ4v) is 3.27. The van der Waals surface area contributed by atoms with Crippen LogP contribution < -0.4 is 14.8 Å². The second-order valence-electron chi connectivity index (χ2n) is 5.79. The summed E-state index contributed by atoms with van der Waals surface area (Å²) in [5.41, 5.74) is 4.35. The van der Waals surface area contributed by atoms with Gasteiger partial charge in [0, 0.05) is 28.9 Å². The van der Waals surface area contributed by atoms with Crippen LogP contribution in [0.15, 0.2) is 54.0 Å². The maximum Gasteiger partial charge on any atom is 0.162 e. The fraction of sp³-hybridized carbons (Fsp3) is 0.143. The van der Waals surface area contributed by atoms with Crippen LogP contribution in [0.5, 0.6) is 11.5 Å². The van der Waals surface area contributed by atoms with E-state index in [2.05, 4.69) is 16.4 Å². The number of nitrogens with one attached hydrogen (secondary N) is 1. The summed E-state index contributed by atoms with van der Waals surface area (Å²) in [5, 5.41) is 15.3. The quantitative estimate of drug-likeness (QED) is 0.605. The maximum absolute atomic E-state index is 9.52. The standard InChI is InChI=1S/C21H19N3O2S/c1-14-4-6-15(7-5-14)18-13-27-21(24-18)16(11-22)12-23-17-8-9-19(25-2)20(10-17)26-3/h4-10,12-13,23H,1-3H3. The van der Waals surface area contributed by atoms with E-state index in [1.165, 1.54) is 16.9 Å². The van der Waals surface area contributed by atoms with E-state index >= 15 is 0 Å². The summed E-state index contributed by atoms with van der Waals surface area (Å²) in [6.07, 6.45) is 1.65. The number of nitrogens with zero attached hydrogens (tertiary/aromatic N) is 2. The molecule has 1 heterocycles. The molecule has 0 bridgehead atoms. The molecule has 2 aromatic carbocycles. The minimum Gasteiger partial charge on any atom is -0.493 e. The Morgan fingerprint density at radius 1 is 1.11 bits per heavy atom. The minimum absolute atomic E-state index is 0.466. The van der Waals surface area contributed by atoms with Gasteiger partial charge >= 0.3 is 0 Å². The number of hydrogen-bond donors (Lipinski definition) is 1. The molecule has 5 nitrogen and oxygen atoms in total. The summed E-state index contributed by atoms with van der Waals surface area (Å²) >= 11 is 1.44. The van der Waals surface area contributed by atoms with Crippen molar-refractivity contribution in [3.05, 3.63) is 64.6 Å². The molecule has 0 aliphatic heterocycles. The van der Waals surface area contributed by atoms with Gasteiger partial charge in [-0.1, -0.05) is 29.8 Å². The largest absolute Gasteiger partial charge is 0.493 e. The molecule has 0 aliphatic rings. The van der Waals surface area contributed by atoms with E-state index in [9.17, 15) is 5.26 Å². The molecule has 1 aromatic heterocycles. The lowest BCUT2D eigenvalue weighted by Crippen LogP contribution is -1.94. The number of anilines is 1. The highest BCUT2D eigenvalue weighted by atomic mass is 32.1. The van der Waals surface area contributed by atoms with E-state index in [1.54, 1.807) is 26.5 Å². The first-order valence-corrected chi connectivity index (χ1v) is 9.14. The maximum atomic E-state index is 9.52. The molecule has 0 amide bonds. The zero-order chi connectivity index (χ0) is 19.2. The summed E-state index contributed by atoms with van der Waals surface area (Å²) in [5.74, 6) is 1.26. The predicted octanol–water partition coefficient (Wildman–Crippen LogP) is 5.11. The average molecular weight is 377 g/mol. The minimum atomic E-state index is 0.466. The first-order valence-electron chi connectivity index (χ1n) is 8.26. The summed E-state index contributed by atoms with van der Waals surface area (Å²) in [6.45, 7) is 2.05. The first-order chi connectivity index (χ1) is 13.1. The van der Waals surface area contributed by atoms with Crippen molar-refractivity contribution in [3.8, 4) is 28.8 Å². The van der Waals surface area contributed by atoms with Crippen LogP contribution in [0.25, 0.3) is 16.8 Å². The van der Waals surface area contributed by atoms with Crippen LogP contribution in [-0.2, 0) is 0 Å². The second kappa shape index (κ2) is 8.39. The highest BCUT2D eigenvalue weighted by Crippen LogP contribution is 2.30. The number of methoxy groups -OCH3 is 2. The van der Waals surface area contributed by atoms with Crippen molar-refractivity contribution in [1.29, 1.82) is 5.26 Å². The molecule has 0 unspecified atom stereocenters. The number of thiazole rings is 1. The van der Waals surface area contributed by atoms with Gasteiger partial charge in [0.2, 0.25) is 0 Å². The van der Waals surface area contributed by atoms with Crippen molar-refractivity contribution >= 4 is 22.6 Å². The number of benzene rings is 2. The molecular formula is C21H19N3O2S. The monoisotopic (exact) mass is 377 g/mol. The zero-order valence-electron chi connectivity index (χ0n) is 15.3. The molecule has 0 saturated carbocycles. The van der Waals surface area contributed by atoms with Crippen molar-refractivity contribution in [2.45, 2.75) is 6.92 Å². The van der Waals surface area contributed by atoms with Gasteiger partial charge in [-0.2, -0.15) is 5.26 Å². The van der Waals surface area contributed by atoms with Gasteiger partial charge < -0.3 is 14.8 Å². The van der Waals surface area contributed by atoms with E-state index in [-0.39, 0.29) is 0 Å². The lowest BCUT2D eigenvalue weighted by Gasteiger charge is -2.09. The number of aromatic nitrogens is 1. The van der Waals surface area contributed by atoms with Crippen molar-refractivity contribution in [3.63, 3.8) is 0 Å². The molecule has 1 N–H and O–H groups in total. The van der Waals surface area contributed by atoms with Crippen molar-refractivity contribution in [1.82, 2.24) is 4.98 Å². The second-order valence-corrected chi connectivity index (χ2v) is 6.65. The van der Waals surface area contributed by atoms with Crippen LogP contribution in [0.1, 0.15) is 10.6 Å². The Morgan fingerprint density at radius 3 is 2.52 bits per heavy atom. The Balaban J connectivity index is 1.81. The van der Waals surface area contributed by atoms with Crippen LogP contribution in [-0.4, -0.2) is 19.2 Å². The first kappa shape index (κ1) is 18.5. The Bertz CT molecular complexity index is 1000. The molecule has 0 radical (unpaired) electrons. The molecule has 3 aromatic rings. The van der Waals surface area contributed by atoms with Gasteiger partial charge in [-0.25, -0.2) is 4.98 Å². The Hall–Kier alpha value is -3.30. The van der Waals surface area contributed by atoms with Crippen LogP contribution in [0.4, 0.5) is 5.69 Å². The summed E-state index contributed by atoms with van der Waals surface area (Å²) in [4.78, 5) is 4.60. The smallest absolute Gasteiger partial charge is 0.162 e. The Labute approximate surface area is 162 Å². The zero-order valence-corrected chi connectivity index (χ0v) is 16.1. The number of nitriles is 1. The molecule has 0 saturated heterocycles. The molecule has 3 rings (SSSR count). The predicted molar refractivity (Wildman–Crippen MR) is 109 cm³/mol. The lowest BCUT2D eigenvalue weighted by atomic mass is 10.1. The van der Waals surface area contributed by atoms with Gasteiger partial charge in [-0.05, 0) is 19.1 Å². The third-order valence-electron chi connectivity index (χ3n) is 3.97. The van der Waals surface area contributed by atoms with Gasteiger partial charge in [0.15, 0.2) is 11.5 Å². The topological polar surface area (TPSA) is 67.2 Å². The van der Waals surface area contributed by atoms with Crippen LogP contribution >= 0.6 is 11.3 Å². The highest BCUT2D eigenvalue weighted by molar-refractivity contribution is 7.11. The number of rotatable bonds is 6. The molecule has 0 aliphatic carbocycles. The van der Waals surface area contributed by atoms with E-state index in [1.807, 2.05) is 48.7 Å². The van der Waals surface area contributed by atoms with Crippen molar-refractivity contribution < 1.29 is 9.47 Å². The van der Waals surface area contributed by atoms with Crippen LogP contribution in [0.2, 0.25) is 0 Å². The van der Waals surface area contributed by atoms with Gasteiger partial charge in [0.25, 0.3) is 0 Å². The third-order valence-corrected chi connectivity index (χ3v) is 4.84. The van der Waals surface area contributed by atoms with Gasteiger partial charge in [-0.15, -0.1) is 11.3 Å². The molecule has 6 heteroatoms. The number of ether oxygens (including phenoxy) is 2. The number of allylic oxidation sites excluding steroid dienone is 1. The van der Waals surface area contributed by atoms with E-state index in [4.69, 9.17) is 9.47 Å². The van der Waals surface area contributed by atoms with Crippen LogP contribution in [0.3, 0.4) is 0 Å². The normalized spacial score (nSPS) is 11.0. The number of aryl methyl sites for hydroxylation is 1.